The summed E-state index contributed by atoms with van der Waals surface area (Å²) in [4.78, 5) is 11.3. The maximum Gasteiger partial charge on any atom is 0.306 e. The fraction of sp³-hybridized carbons (Fsp3) is 0.929. The molecule has 0 aromatic heterocycles. The second-order valence-corrected chi connectivity index (χ2v) is 15.2. The number of carboxylic acids is 1. The normalized spacial score (nSPS) is 21.5. The van der Waals surface area contributed by atoms with Crippen LogP contribution in [0.2, 0.25) is 25.7 Å². The number of aliphatic carboxylic acids is 1. The summed E-state index contributed by atoms with van der Waals surface area (Å²) in [5, 5.41) is 10.1. The molecule has 112 valence electrons. The molecule has 1 N–H and O–H groups in total. The highest BCUT2D eigenvalue weighted by molar-refractivity contribution is 8.77. The second-order valence-electron chi connectivity index (χ2n) is 6.75. The summed E-state index contributed by atoms with van der Waals surface area (Å²) in [7, 11) is 2.96. The summed E-state index contributed by atoms with van der Waals surface area (Å²) in [5.74, 6) is 0.591. The molecule has 0 bridgehead atoms. The molecule has 1 fully saturated rings. The first kappa shape index (κ1) is 17.4. The minimum absolute atomic E-state index is 0.101. The zero-order chi connectivity index (χ0) is 14.3. The molecule has 2 nitrogen and oxygen atoms in total. The van der Waals surface area contributed by atoms with E-state index in [1.54, 1.807) is 0 Å². The van der Waals surface area contributed by atoms with Gasteiger partial charge in [0.15, 0.2) is 0 Å². The van der Waals surface area contributed by atoms with Crippen LogP contribution in [0, 0.1) is 5.92 Å². The fourth-order valence-corrected chi connectivity index (χ4v) is 6.72. The Hall–Kier alpha value is 0.387. The third-order valence-electron chi connectivity index (χ3n) is 3.63. The van der Waals surface area contributed by atoms with Crippen molar-refractivity contribution in [2.45, 2.75) is 69.5 Å². The molecule has 0 aliphatic carbocycles. The third kappa shape index (κ3) is 8.30. The molecule has 19 heavy (non-hydrogen) atoms. The molecule has 0 aromatic rings. The molecule has 1 heterocycles. The van der Waals surface area contributed by atoms with E-state index in [4.69, 9.17) is 0 Å². The molecular formula is C14H28O2S2Si. The number of hydrogen-bond donors (Lipinski definition) is 1. The van der Waals surface area contributed by atoms with Crippen molar-refractivity contribution in [1.29, 1.82) is 0 Å². The summed E-state index contributed by atoms with van der Waals surface area (Å²) in [5.41, 5.74) is 0. The highest BCUT2D eigenvalue weighted by Crippen LogP contribution is 2.40. The van der Waals surface area contributed by atoms with Crippen LogP contribution in [0.5, 0.6) is 0 Å². The van der Waals surface area contributed by atoms with Gasteiger partial charge in [-0.05, 0) is 25.7 Å². The molecule has 2 atom stereocenters. The van der Waals surface area contributed by atoms with Gasteiger partial charge < -0.3 is 5.11 Å². The summed E-state index contributed by atoms with van der Waals surface area (Å²) in [6.45, 7) is 7.08. The van der Waals surface area contributed by atoms with E-state index >= 15 is 0 Å². The molecule has 5 heteroatoms. The van der Waals surface area contributed by atoms with Gasteiger partial charge in [0, 0.05) is 19.1 Å². The maximum absolute atomic E-state index is 11.3. The van der Waals surface area contributed by atoms with E-state index in [0.29, 0.717) is 0 Å². The number of carboxylic acid groups (broad SMARTS) is 1. The summed E-state index contributed by atoms with van der Waals surface area (Å²) in [6, 6.07) is 1.26. The molecule has 0 aromatic carbocycles. The molecule has 1 aliphatic heterocycles. The average molecular weight is 321 g/mol. The smallest absolute Gasteiger partial charge is 0.306 e. The predicted molar refractivity (Wildman–Crippen MR) is 90.8 cm³/mol. The molecule has 1 aliphatic rings. The van der Waals surface area contributed by atoms with Crippen molar-refractivity contribution in [2.75, 3.05) is 5.75 Å². The van der Waals surface area contributed by atoms with Crippen LogP contribution in [0.3, 0.4) is 0 Å². The minimum Gasteiger partial charge on any atom is -0.481 e. The van der Waals surface area contributed by atoms with Gasteiger partial charge in [0.1, 0.15) is 0 Å². The molecule has 2 unspecified atom stereocenters. The van der Waals surface area contributed by atoms with Crippen LogP contribution in [-0.4, -0.2) is 30.2 Å². The number of rotatable bonds is 9. The Morgan fingerprint density at radius 1 is 1.32 bits per heavy atom. The quantitative estimate of drug-likeness (QED) is 0.472. The second kappa shape index (κ2) is 8.62. The van der Waals surface area contributed by atoms with E-state index in [2.05, 4.69) is 19.6 Å². The van der Waals surface area contributed by atoms with Crippen LogP contribution in [0.25, 0.3) is 0 Å². The van der Waals surface area contributed by atoms with Gasteiger partial charge in [0.25, 0.3) is 0 Å². The Labute approximate surface area is 126 Å². The number of hydrogen-bond acceptors (Lipinski definition) is 3. The van der Waals surface area contributed by atoms with Gasteiger partial charge in [-0.2, -0.15) is 0 Å². The lowest BCUT2D eigenvalue weighted by Crippen LogP contribution is -2.20. The zero-order valence-corrected chi connectivity index (χ0v) is 15.1. The van der Waals surface area contributed by atoms with Crippen LogP contribution < -0.4 is 0 Å². The van der Waals surface area contributed by atoms with Crippen LogP contribution in [-0.2, 0) is 4.79 Å². The highest BCUT2D eigenvalue weighted by Gasteiger charge is 2.21. The lowest BCUT2D eigenvalue weighted by molar-refractivity contribution is -0.142. The minimum atomic E-state index is -1.01. The van der Waals surface area contributed by atoms with Gasteiger partial charge in [0.05, 0.1) is 5.92 Å². The number of carbonyl (C=O) groups is 1. The SMILES string of the molecule is C[Si](C)(C)CCCC(CCCC1CCSS1)C(=O)O. The Bertz CT molecular complexity index is 273. The van der Waals surface area contributed by atoms with E-state index in [1.165, 1.54) is 24.6 Å². The molecule has 0 radical (unpaired) electrons. The van der Waals surface area contributed by atoms with Crippen molar-refractivity contribution in [2.24, 2.45) is 5.92 Å². The lowest BCUT2D eigenvalue weighted by atomic mass is 9.96. The van der Waals surface area contributed by atoms with Crippen LogP contribution in [0.4, 0.5) is 0 Å². The molecule has 1 rings (SSSR count). The Kier molecular flexibility index (Phi) is 7.92. The Morgan fingerprint density at radius 3 is 2.53 bits per heavy atom. The van der Waals surface area contributed by atoms with Gasteiger partial charge in [-0.15, -0.1) is 0 Å². The first-order valence-electron chi connectivity index (χ1n) is 7.39. The molecule has 0 amide bonds. The molecular weight excluding hydrogens is 292 g/mol. The van der Waals surface area contributed by atoms with Gasteiger partial charge >= 0.3 is 5.97 Å². The van der Waals surface area contributed by atoms with E-state index in [0.717, 1.165) is 30.9 Å². The standard InChI is InChI=1S/C14H28O2S2Si/c1-19(2,3)11-5-7-12(14(15)16)6-4-8-13-9-10-17-18-13/h12-13H,4-11H2,1-3H3,(H,15,16). The average Bonchev–Trinajstić information content (AvgIpc) is 2.78. The van der Waals surface area contributed by atoms with E-state index < -0.39 is 14.0 Å². The van der Waals surface area contributed by atoms with Gasteiger partial charge in [-0.3, -0.25) is 4.79 Å². The summed E-state index contributed by atoms with van der Waals surface area (Å²) in [6.07, 6.45) is 6.45. The van der Waals surface area contributed by atoms with Gasteiger partial charge in [-0.25, -0.2) is 0 Å². The van der Waals surface area contributed by atoms with Crippen molar-refractivity contribution in [1.82, 2.24) is 0 Å². The topological polar surface area (TPSA) is 37.3 Å². The third-order valence-corrected chi connectivity index (χ3v) is 8.49. The lowest BCUT2D eigenvalue weighted by Gasteiger charge is -2.18. The largest absolute Gasteiger partial charge is 0.481 e. The van der Waals surface area contributed by atoms with Crippen molar-refractivity contribution < 1.29 is 9.90 Å². The monoisotopic (exact) mass is 320 g/mol. The van der Waals surface area contributed by atoms with Crippen molar-refractivity contribution in [3.05, 3.63) is 0 Å². The summed E-state index contributed by atoms with van der Waals surface area (Å²) >= 11 is 0. The molecule has 1 saturated heterocycles. The fourth-order valence-electron chi connectivity index (χ4n) is 2.43. The van der Waals surface area contributed by atoms with Crippen molar-refractivity contribution >= 4 is 35.6 Å². The van der Waals surface area contributed by atoms with Crippen molar-refractivity contribution in [3.8, 4) is 0 Å². The molecule has 0 spiro atoms. The summed E-state index contributed by atoms with van der Waals surface area (Å²) < 4.78 is 0. The van der Waals surface area contributed by atoms with Gasteiger partial charge in [0.2, 0.25) is 0 Å². The van der Waals surface area contributed by atoms with Crippen molar-refractivity contribution in [3.63, 3.8) is 0 Å². The van der Waals surface area contributed by atoms with E-state index in [-0.39, 0.29) is 5.92 Å². The van der Waals surface area contributed by atoms with E-state index in [9.17, 15) is 9.90 Å². The van der Waals surface area contributed by atoms with E-state index in [1.807, 2.05) is 21.6 Å². The first-order chi connectivity index (χ1) is 8.88. The zero-order valence-electron chi connectivity index (χ0n) is 12.5. The maximum atomic E-state index is 11.3. The van der Waals surface area contributed by atoms with Crippen LogP contribution >= 0.6 is 21.6 Å². The molecule has 0 saturated carbocycles. The van der Waals surface area contributed by atoms with Crippen LogP contribution in [0.1, 0.15) is 38.5 Å². The highest BCUT2D eigenvalue weighted by atomic mass is 33.1. The Morgan fingerprint density at radius 2 is 2.00 bits per heavy atom. The van der Waals surface area contributed by atoms with Crippen LogP contribution in [0.15, 0.2) is 0 Å². The predicted octanol–water partition coefficient (Wildman–Crippen LogP) is 5.13. The first-order valence-corrected chi connectivity index (χ1v) is 13.5. The Balaban J connectivity index is 2.18. The van der Waals surface area contributed by atoms with Gasteiger partial charge in [-0.1, -0.05) is 60.1 Å².